The second-order valence-corrected chi connectivity index (χ2v) is 7.18. The molecule has 8 heteroatoms. The number of carbonyl (C=O) groups excluding carboxylic acids is 2. The van der Waals surface area contributed by atoms with Gasteiger partial charge in [-0.1, -0.05) is 23.7 Å². The number of hydrazone groups is 1. The van der Waals surface area contributed by atoms with E-state index < -0.39 is 0 Å². The minimum atomic E-state index is -0.378. The van der Waals surface area contributed by atoms with Crippen molar-refractivity contribution >= 4 is 34.8 Å². The van der Waals surface area contributed by atoms with Gasteiger partial charge in [-0.25, -0.2) is 5.43 Å². The van der Waals surface area contributed by atoms with E-state index in [0.29, 0.717) is 39.0 Å². The normalized spacial score (nSPS) is 10.9. The number of methoxy groups -OCH3 is 2. The Kier molecular flexibility index (Phi) is 7.46. The van der Waals surface area contributed by atoms with Gasteiger partial charge < -0.3 is 14.8 Å². The molecule has 0 radical (unpaired) electrons. The summed E-state index contributed by atoms with van der Waals surface area (Å²) in [6.45, 7) is 1.77. The van der Waals surface area contributed by atoms with E-state index in [0.717, 1.165) is 5.56 Å². The summed E-state index contributed by atoms with van der Waals surface area (Å²) in [4.78, 5) is 24.7. The first-order chi connectivity index (χ1) is 15.4. The molecule has 0 saturated heterocycles. The first-order valence-corrected chi connectivity index (χ1v) is 10.0. The van der Waals surface area contributed by atoms with E-state index in [1.54, 1.807) is 73.7 Å². The number of ether oxygens (including phenoxy) is 2. The van der Waals surface area contributed by atoms with Gasteiger partial charge in [0.15, 0.2) is 11.5 Å². The first kappa shape index (κ1) is 22.8. The maximum atomic E-state index is 12.4. The second-order valence-electron chi connectivity index (χ2n) is 6.75. The zero-order valence-electron chi connectivity index (χ0n) is 17.8. The zero-order valence-corrected chi connectivity index (χ0v) is 18.6. The van der Waals surface area contributed by atoms with Crippen molar-refractivity contribution in [3.8, 4) is 11.5 Å². The maximum absolute atomic E-state index is 12.4. The van der Waals surface area contributed by atoms with Gasteiger partial charge in [-0.05, 0) is 67.1 Å². The van der Waals surface area contributed by atoms with Crippen LogP contribution >= 0.6 is 11.6 Å². The van der Waals surface area contributed by atoms with E-state index in [1.165, 1.54) is 14.2 Å². The van der Waals surface area contributed by atoms with Gasteiger partial charge in [0, 0.05) is 21.8 Å². The number of anilines is 1. The zero-order chi connectivity index (χ0) is 23.1. The molecular weight excluding hydrogens is 430 g/mol. The van der Waals surface area contributed by atoms with Gasteiger partial charge in [-0.15, -0.1) is 0 Å². The fourth-order valence-electron chi connectivity index (χ4n) is 2.84. The number of benzene rings is 3. The van der Waals surface area contributed by atoms with Crippen molar-refractivity contribution in [2.24, 2.45) is 5.10 Å². The van der Waals surface area contributed by atoms with E-state index >= 15 is 0 Å². The number of carbonyl (C=O) groups is 2. The molecule has 0 spiro atoms. The highest BCUT2D eigenvalue weighted by Crippen LogP contribution is 2.27. The van der Waals surface area contributed by atoms with Gasteiger partial charge in [-0.2, -0.15) is 5.10 Å². The minimum Gasteiger partial charge on any atom is -0.493 e. The van der Waals surface area contributed by atoms with Crippen LogP contribution in [0.5, 0.6) is 11.5 Å². The summed E-state index contributed by atoms with van der Waals surface area (Å²) in [6.07, 6.45) is 0. The largest absolute Gasteiger partial charge is 0.493 e. The lowest BCUT2D eigenvalue weighted by atomic mass is 10.1. The molecule has 3 rings (SSSR count). The van der Waals surface area contributed by atoms with E-state index in [4.69, 9.17) is 21.1 Å². The molecular formula is C24H22ClN3O4. The lowest BCUT2D eigenvalue weighted by Crippen LogP contribution is -2.19. The van der Waals surface area contributed by atoms with Crippen LogP contribution in [0.25, 0.3) is 0 Å². The smallest absolute Gasteiger partial charge is 0.271 e. The topological polar surface area (TPSA) is 89.0 Å². The molecule has 0 fully saturated rings. The average Bonchev–Trinajstić information content (AvgIpc) is 2.82. The third kappa shape index (κ3) is 5.65. The van der Waals surface area contributed by atoms with Gasteiger partial charge in [0.05, 0.1) is 19.9 Å². The summed E-state index contributed by atoms with van der Waals surface area (Å²) in [6, 6.07) is 18.6. The molecule has 0 aromatic heterocycles. The predicted octanol–water partition coefficient (Wildman–Crippen LogP) is 4.76. The molecule has 0 atom stereocenters. The molecule has 0 saturated carbocycles. The quantitative estimate of drug-likeness (QED) is 0.400. The molecule has 7 nitrogen and oxygen atoms in total. The Hall–Kier alpha value is -3.84. The van der Waals surface area contributed by atoms with Crippen molar-refractivity contribution in [3.05, 3.63) is 88.4 Å². The minimum absolute atomic E-state index is 0.234. The van der Waals surface area contributed by atoms with Gasteiger partial charge in [0.1, 0.15) is 0 Å². The molecule has 0 bridgehead atoms. The molecule has 3 aromatic carbocycles. The highest BCUT2D eigenvalue weighted by Gasteiger charge is 2.11. The van der Waals surface area contributed by atoms with Gasteiger partial charge >= 0.3 is 0 Å². The molecule has 2 N–H and O–H groups in total. The SMILES string of the molecule is COc1ccc(C(=O)N/N=C(\C)c2ccc(NC(=O)c3ccc(Cl)cc3)cc2)cc1OC. The molecule has 32 heavy (non-hydrogen) atoms. The van der Waals surface area contributed by atoms with Crippen LogP contribution in [0, 0.1) is 0 Å². The van der Waals surface area contributed by atoms with Crippen LogP contribution in [0.3, 0.4) is 0 Å². The Labute approximate surface area is 191 Å². The highest BCUT2D eigenvalue weighted by atomic mass is 35.5. The summed E-state index contributed by atoms with van der Waals surface area (Å²) in [5.74, 6) is 0.378. The van der Waals surface area contributed by atoms with Crippen LogP contribution in [0.4, 0.5) is 5.69 Å². The van der Waals surface area contributed by atoms with Gasteiger partial charge in [0.25, 0.3) is 11.8 Å². The molecule has 2 amide bonds. The summed E-state index contributed by atoms with van der Waals surface area (Å²) in [5, 5.41) is 7.55. The van der Waals surface area contributed by atoms with E-state index in [9.17, 15) is 9.59 Å². The van der Waals surface area contributed by atoms with Crippen molar-refractivity contribution in [3.63, 3.8) is 0 Å². The number of rotatable bonds is 7. The molecule has 0 unspecified atom stereocenters. The lowest BCUT2D eigenvalue weighted by Gasteiger charge is -2.09. The van der Waals surface area contributed by atoms with Gasteiger partial charge in [0.2, 0.25) is 0 Å². The fourth-order valence-corrected chi connectivity index (χ4v) is 2.97. The summed E-state index contributed by atoms with van der Waals surface area (Å²) in [7, 11) is 3.03. The van der Waals surface area contributed by atoms with E-state index in [2.05, 4.69) is 15.8 Å². The molecule has 0 aliphatic heterocycles. The Morgan fingerprint density at radius 2 is 1.38 bits per heavy atom. The van der Waals surface area contributed by atoms with Crippen LogP contribution in [0.2, 0.25) is 5.02 Å². The number of halogens is 1. The Morgan fingerprint density at radius 3 is 2.00 bits per heavy atom. The molecule has 3 aromatic rings. The molecule has 0 heterocycles. The van der Waals surface area contributed by atoms with E-state index in [-0.39, 0.29) is 11.8 Å². The third-order valence-electron chi connectivity index (χ3n) is 4.64. The van der Waals surface area contributed by atoms with Crippen LogP contribution in [-0.2, 0) is 0 Å². The van der Waals surface area contributed by atoms with Crippen molar-refractivity contribution in [2.75, 3.05) is 19.5 Å². The number of hydrogen-bond acceptors (Lipinski definition) is 5. The number of amides is 2. The summed E-state index contributed by atoms with van der Waals surface area (Å²) < 4.78 is 10.4. The van der Waals surface area contributed by atoms with E-state index in [1.807, 2.05) is 0 Å². The second kappa shape index (κ2) is 10.5. The van der Waals surface area contributed by atoms with Crippen molar-refractivity contribution in [1.29, 1.82) is 0 Å². The van der Waals surface area contributed by atoms with Crippen molar-refractivity contribution in [2.45, 2.75) is 6.92 Å². The van der Waals surface area contributed by atoms with Gasteiger partial charge in [-0.3, -0.25) is 9.59 Å². The van der Waals surface area contributed by atoms with Crippen LogP contribution in [0.15, 0.2) is 71.8 Å². The van der Waals surface area contributed by atoms with Crippen molar-refractivity contribution < 1.29 is 19.1 Å². The predicted molar refractivity (Wildman–Crippen MR) is 125 cm³/mol. The standard InChI is InChI=1S/C24H22ClN3O4/c1-15(27-28-24(30)18-8-13-21(31-2)22(14-18)32-3)16-6-11-20(12-7-16)26-23(29)17-4-9-19(25)10-5-17/h4-14H,1-3H3,(H,26,29)(H,28,30)/b27-15+. The number of hydrogen-bond donors (Lipinski definition) is 2. The lowest BCUT2D eigenvalue weighted by molar-refractivity contribution is 0.0953. The van der Waals surface area contributed by atoms with Crippen LogP contribution in [0.1, 0.15) is 33.2 Å². The summed E-state index contributed by atoms with van der Waals surface area (Å²) in [5.41, 5.74) is 5.46. The van der Waals surface area contributed by atoms with Crippen LogP contribution < -0.4 is 20.2 Å². The number of nitrogens with one attached hydrogen (secondary N) is 2. The Bertz CT molecular complexity index is 1140. The third-order valence-corrected chi connectivity index (χ3v) is 4.89. The average molecular weight is 452 g/mol. The van der Waals surface area contributed by atoms with Crippen LogP contribution in [-0.4, -0.2) is 31.7 Å². The monoisotopic (exact) mass is 451 g/mol. The molecule has 164 valence electrons. The summed E-state index contributed by atoms with van der Waals surface area (Å²) >= 11 is 5.85. The molecule has 0 aliphatic carbocycles. The maximum Gasteiger partial charge on any atom is 0.271 e. The number of nitrogens with zero attached hydrogens (tertiary/aromatic N) is 1. The Balaban J connectivity index is 1.63. The highest BCUT2D eigenvalue weighted by molar-refractivity contribution is 6.30. The molecule has 0 aliphatic rings. The Morgan fingerprint density at radius 1 is 0.781 bits per heavy atom. The van der Waals surface area contributed by atoms with Crippen molar-refractivity contribution in [1.82, 2.24) is 5.43 Å². The fraction of sp³-hybridized carbons (Fsp3) is 0.125. The first-order valence-electron chi connectivity index (χ1n) is 9.65.